The molecular formula is C21H25F2N5O2. The summed E-state index contributed by atoms with van der Waals surface area (Å²) in [7, 11) is 0. The van der Waals surface area contributed by atoms with Gasteiger partial charge in [0.05, 0.1) is 11.9 Å². The molecule has 2 aromatic heterocycles. The summed E-state index contributed by atoms with van der Waals surface area (Å²) in [4.78, 5) is 20.7. The standard InChI is InChI=1S/C21H25F2N5O2/c1-21(2,3)30-20(29)27-8-6-26(7-9-27)18-4-5-24-17-11-14(10-16(17)18)15-12-25-28(13-15)19(22)23/h4-5,10,12-13,19H,6-9,11H2,1-3H3. The van der Waals surface area contributed by atoms with E-state index in [2.05, 4.69) is 15.0 Å². The Bertz CT molecular complexity index is 972. The largest absolute Gasteiger partial charge is 0.444 e. The Morgan fingerprint density at radius 2 is 1.93 bits per heavy atom. The van der Waals surface area contributed by atoms with Gasteiger partial charge in [-0.1, -0.05) is 0 Å². The fourth-order valence-corrected chi connectivity index (χ4v) is 3.74. The molecule has 0 unspecified atom stereocenters. The zero-order valence-electron chi connectivity index (χ0n) is 17.3. The van der Waals surface area contributed by atoms with Crippen molar-refractivity contribution in [3.05, 3.63) is 41.5 Å². The fraction of sp³-hybridized carbons (Fsp3) is 0.476. The summed E-state index contributed by atoms with van der Waals surface area (Å²) >= 11 is 0. The third-order valence-corrected chi connectivity index (χ3v) is 5.17. The quantitative estimate of drug-likeness (QED) is 0.760. The lowest BCUT2D eigenvalue weighted by Crippen LogP contribution is -2.50. The molecule has 30 heavy (non-hydrogen) atoms. The molecule has 4 rings (SSSR count). The maximum atomic E-state index is 12.8. The van der Waals surface area contributed by atoms with Gasteiger partial charge in [-0.25, -0.2) is 9.48 Å². The number of carbonyl (C=O) groups excluding carboxylic acids is 1. The Morgan fingerprint density at radius 3 is 2.57 bits per heavy atom. The third-order valence-electron chi connectivity index (χ3n) is 5.17. The molecule has 2 aromatic rings. The van der Waals surface area contributed by atoms with E-state index in [1.165, 1.54) is 12.4 Å². The molecule has 0 saturated carbocycles. The second kappa shape index (κ2) is 7.70. The lowest BCUT2D eigenvalue weighted by molar-refractivity contribution is 0.0240. The second-order valence-electron chi connectivity index (χ2n) is 8.48. The minimum Gasteiger partial charge on any atom is -0.444 e. The number of rotatable bonds is 3. The molecule has 0 spiro atoms. The number of alkyl halides is 2. The van der Waals surface area contributed by atoms with Crippen LogP contribution in [0.5, 0.6) is 0 Å². The van der Waals surface area contributed by atoms with Crippen LogP contribution in [-0.2, 0) is 11.2 Å². The summed E-state index contributed by atoms with van der Waals surface area (Å²) in [5.74, 6) is 0. The number of anilines is 1. The zero-order chi connectivity index (χ0) is 21.5. The third kappa shape index (κ3) is 4.15. The number of piperazine rings is 1. The molecular weight excluding hydrogens is 392 g/mol. The fourth-order valence-electron chi connectivity index (χ4n) is 3.74. The van der Waals surface area contributed by atoms with Gasteiger partial charge in [-0.05, 0) is 38.5 Å². The molecule has 0 bridgehead atoms. The zero-order valence-corrected chi connectivity index (χ0v) is 17.3. The molecule has 0 radical (unpaired) electrons. The predicted molar refractivity (Wildman–Crippen MR) is 109 cm³/mol. The molecule has 1 saturated heterocycles. The summed E-state index contributed by atoms with van der Waals surface area (Å²) < 4.78 is 31.8. The molecule has 2 aliphatic rings. The van der Waals surface area contributed by atoms with Crippen molar-refractivity contribution in [3.63, 3.8) is 0 Å². The first-order valence-electron chi connectivity index (χ1n) is 9.95. The van der Waals surface area contributed by atoms with Crippen LogP contribution in [0.4, 0.5) is 19.3 Å². The highest BCUT2D eigenvalue weighted by Gasteiger charge is 2.28. The van der Waals surface area contributed by atoms with E-state index >= 15 is 0 Å². The molecule has 1 fully saturated rings. The number of aromatic nitrogens is 3. The van der Waals surface area contributed by atoms with Gasteiger partial charge in [0.2, 0.25) is 0 Å². The number of allylic oxidation sites excluding steroid dienone is 1. The topological polar surface area (TPSA) is 63.5 Å². The number of amides is 1. The van der Waals surface area contributed by atoms with E-state index in [-0.39, 0.29) is 6.09 Å². The van der Waals surface area contributed by atoms with E-state index in [9.17, 15) is 13.6 Å². The molecule has 160 valence electrons. The molecule has 1 aliphatic heterocycles. The smallest absolute Gasteiger partial charge is 0.410 e. The van der Waals surface area contributed by atoms with E-state index < -0.39 is 12.2 Å². The Balaban J connectivity index is 1.48. The molecule has 1 amide bonds. The van der Waals surface area contributed by atoms with Crippen molar-refractivity contribution in [2.45, 2.75) is 39.3 Å². The average molecular weight is 417 g/mol. The van der Waals surface area contributed by atoms with Crippen LogP contribution in [0.15, 0.2) is 24.7 Å². The van der Waals surface area contributed by atoms with E-state index in [1.807, 2.05) is 32.9 Å². The van der Waals surface area contributed by atoms with Gasteiger partial charge in [-0.2, -0.15) is 13.9 Å². The van der Waals surface area contributed by atoms with Crippen LogP contribution in [0.1, 0.15) is 44.1 Å². The van der Waals surface area contributed by atoms with E-state index in [4.69, 9.17) is 4.74 Å². The van der Waals surface area contributed by atoms with Gasteiger partial charge in [-0.3, -0.25) is 4.98 Å². The number of hydrogen-bond acceptors (Lipinski definition) is 5. The Kier molecular flexibility index (Phi) is 5.21. The monoisotopic (exact) mass is 417 g/mol. The van der Waals surface area contributed by atoms with E-state index in [0.29, 0.717) is 42.8 Å². The highest BCUT2D eigenvalue weighted by Crippen LogP contribution is 2.36. The molecule has 9 heteroatoms. The van der Waals surface area contributed by atoms with Crippen molar-refractivity contribution in [3.8, 4) is 0 Å². The van der Waals surface area contributed by atoms with Crippen molar-refractivity contribution >= 4 is 23.4 Å². The molecule has 0 N–H and O–H groups in total. The lowest BCUT2D eigenvalue weighted by atomic mass is 10.1. The van der Waals surface area contributed by atoms with Crippen molar-refractivity contribution in [1.29, 1.82) is 0 Å². The van der Waals surface area contributed by atoms with Gasteiger partial charge in [0.15, 0.2) is 0 Å². The minimum absolute atomic E-state index is 0.291. The summed E-state index contributed by atoms with van der Waals surface area (Å²) in [6.45, 7) is 5.43. The highest BCUT2D eigenvalue weighted by molar-refractivity contribution is 5.91. The SMILES string of the molecule is CC(C)(C)OC(=O)N1CCN(c2ccnc3c2C=C(c2cnn(C(F)F)c2)C3)CC1. The lowest BCUT2D eigenvalue weighted by Gasteiger charge is -2.37. The molecule has 3 heterocycles. The number of nitrogens with zero attached hydrogens (tertiary/aromatic N) is 5. The van der Waals surface area contributed by atoms with Gasteiger partial charge in [-0.15, -0.1) is 0 Å². The first kappa shape index (κ1) is 20.3. The van der Waals surface area contributed by atoms with E-state index in [1.54, 1.807) is 11.1 Å². The van der Waals surface area contributed by atoms with Gasteiger partial charge in [0, 0.05) is 61.8 Å². The van der Waals surface area contributed by atoms with Crippen LogP contribution in [0, 0.1) is 0 Å². The van der Waals surface area contributed by atoms with Crippen molar-refractivity contribution in [1.82, 2.24) is 19.7 Å². The average Bonchev–Trinajstić information content (AvgIpc) is 3.33. The van der Waals surface area contributed by atoms with Crippen LogP contribution in [0.25, 0.3) is 11.6 Å². The molecule has 0 atom stereocenters. The molecule has 7 nitrogen and oxygen atoms in total. The van der Waals surface area contributed by atoms with Crippen molar-refractivity contribution < 1.29 is 18.3 Å². The molecule has 1 aliphatic carbocycles. The number of halogens is 2. The maximum absolute atomic E-state index is 12.8. The number of ether oxygens (including phenoxy) is 1. The minimum atomic E-state index is -2.65. The Labute approximate surface area is 173 Å². The van der Waals surface area contributed by atoms with E-state index in [0.717, 1.165) is 22.5 Å². The van der Waals surface area contributed by atoms with Crippen LogP contribution >= 0.6 is 0 Å². The first-order chi connectivity index (χ1) is 14.2. The van der Waals surface area contributed by atoms with Crippen LogP contribution in [-0.4, -0.2) is 57.5 Å². The number of fused-ring (bicyclic) bond motifs is 1. The van der Waals surface area contributed by atoms with Crippen molar-refractivity contribution in [2.24, 2.45) is 0 Å². The summed E-state index contributed by atoms with van der Waals surface area (Å²) in [6, 6.07) is 1.96. The summed E-state index contributed by atoms with van der Waals surface area (Å²) in [6.07, 6.45) is 6.89. The normalized spacial score (nSPS) is 16.7. The Hall–Kier alpha value is -2.97. The predicted octanol–water partition coefficient (Wildman–Crippen LogP) is 3.83. The Morgan fingerprint density at radius 1 is 1.20 bits per heavy atom. The first-order valence-corrected chi connectivity index (χ1v) is 9.95. The van der Waals surface area contributed by atoms with Crippen LogP contribution in [0.2, 0.25) is 0 Å². The number of pyridine rings is 1. The summed E-state index contributed by atoms with van der Waals surface area (Å²) in [5.41, 5.74) is 4.04. The van der Waals surface area contributed by atoms with Crippen LogP contribution in [0.3, 0.4) is 0 Å². The van der Waals surface area contributed by atoms with Crippen LogP contribution < -0.4 is 4.90 Å². The number of carbonyl (C=O) groups is 1. The van der Waals surface area contributed by atoms with Gasteiger partial charge in [0.25, 0.3) is 0 Å². The van der Waals surface area contributed by atoms with Gasteiger partial charge >= 0.3 is 12.6 Å². The van der Waals surface area contributed by atoms with Gasteiger partial charge in [0.1, 0.15) is 5.60 Å². The maximum Gasteiger partial charge on any atom is 0.410 e. The highest BCUT2D eigenvalue weighted by atomic mass is 19.3. The summed E-state index contributed by atoms with van der Waals surface area (Å²) in [5, 5.41) is 3.73. The molecule has 0 aromatic carbocycles. The van der Waals surface area contributed by atoms with Crippen molar-refractivity contribution in [2.75, 3.05) is 31.1 Å². The number of hydrogen-bond donors (Lipinski definition) is 0. The second-order valence-corrected chi connectivity index (χ2v) is 8.48. The van der Waals surface area contributed by atoms with Gasteiger partial charge < -0.3 is 14.5 Å².